The van der Waals surface area contributed by atoms with Crippen LogP contribution >= 0.6 is 0 Å². The molecule has 2 heteroatoms. The molecule has 0 aromatic carbocycles. The van der Waals surface area contributed by atoms with Crippen molar-refractivity contribution in [3.05, 3.63) is 34.1 Å². The minimum Gasteiger partial charge on any atom is -0.289 e. The molecule has 0 aromatic heterocycles. The van der Waals surface area contributed by atoms with E-state index < -0.39 is 8.07 Å². The first-order valence-electron chi connectivity index (χ1n) is 9.73. The van der Waals surface area contributed by atoms with Gasteiger partial charge < -0.3 is 0 Å². The first-order valence-corrected chi connectivity index (χ1v) is 13.2. The lowest BCUT2D eigenvalue weighted by Crippen LogP contribution is -2.29. The third-order valence-electron chi connectivity index (χ3n) is 6.51. The van der Waals surface area contributed by atoms with E-state index in [0.29, 0.717) is 11.3 Å². The summed E-state index contributed by atoms with van der Waals surface area (Å²) in [5.41, 5.74) is 5.56. The van der Waals surface area contributed by atoms with Crippen LogP contribution in [0.3, 0.4) is 0 Å². The zero-order valence-corrected chi connectivity index (χ0v) is 17.5. The molecule has 1 nitrogen and oxygen atoms in total. The molecule has 0 heterocycles. The number of carbonyl (C=O) groups is 1. The van der Waals surface area contributed by atoms with Crippen molar-refractivity contribution in [2.75, 3.05) is 0 Å². The van der Waals surface area contributed by atoms with E-state index in [1.807, 2.05) is 0 Å². The van der Waals surface area contributed by atoms with E-state index in [-0.39, 0.29) is 5.78 Å². The molecule has 0 saturated heterocycles. The summed E-state index contributed by atoms with van der Waals surface area (Å²) in [5, 5.41) is 1.19. The maximum Gasteiger partial charge on any atom is 0.185 e. The molecule has 0 N–H and O–H groups in total. The Balaban J connectivity index is 2.07. The molecule has 0 spiro atoms. The van der Waals surface area contributed by atoms with Gasteiger partial charge in [-0.05, 0) is 72.1 Å². The van der Waals surface area contributed by atoms with Crippen molar-refractivity contribution in [1.82, 2.24) is 0 Å². The molecule has 3 rings (SSSR count). The van der Waals surface area contributed by atoms with Crippen LogP contribution in [0.1, 0.15) is 59.3 Å². The molecule has 0 aromatic rings. The van der Waals surface area contributed by atoms with Gasteiger partial charge in [0.1, 0.15) is 0 Å². The van der Waals surface area contributed by atoms with Gasteiger partial charge in [0, 0.05) is 5.57 Å². The number of hydrogen-bond acceptors (Lipinski definition) is 1. The molecule has 3 aliphatic carbocycles. The predicted molar refractivity (Wildman–Crippen MR) is 106 cm³/mol. The quantitative estimate of drug-likeness (QED) is 0.407. The Hall–Kier alpha value is -0.893. The highest BCUT2D eigenvalue weighted by molar-refractivity contribution is 6.88. The summed E-state index contributed by atoms with van der Waals surface area (Å²) in [6, 6.07) is 0. The molecular formula is C22H34OSi. The molecule has 1 fully saturated rings. The third-order valence-corrected chi connectivity index (χ3v) is 8.53. The van der Waals surface area contributed by atoms with Crippen molar-refractivity contribution >= 4 is 13.9 Å². The maximum absolute atomic E-state index is 13.0. The Morgan fingerprint density at radius 1 is 1.08 bits per heavy atom. The summed E-state index contributed by atoms with van der Waals surface area (Å²) in [7, 11) is -1.62. The van der Waals surface area contributed by atoms with E-state index in [1.54, 1.807) is 5.57 Å². The highest BCUT2D eigenvalue weighted by Gasteiger charge is 2.43. The van der Waals surface area contributed by atoms with Crippen LogP contribution in [0.2, 0.25) is 19.6 Å². The Morgan fingerprint density at radius 3 is 2.33 bits per heavy atom. The molecule has 3 aliphatic rings. The van der Waals surface area contributed by atoms with Gasteiger partial charge >= 0.3 is 0 Å². The molecule has 0 amide bonds. The summed E-state index contributed by atoms with van der Waals surface area (Å²) >= 11 is 0. The van der Waals surface area contributed by atoms with Crippen LogP contribution in [0.15, 0.2) is 34.1 Å². The number of ketones is 1. The Morgan fingerprint density at radius 2 is 1.75 bits per heavy atom. The molecule has 2 atom stereocenters. The molecule has 0 unspecified atom stereocenters. The minimum absolute atomic E-state index is 0.283. The van der Waals surface area contributed by atoms with Crippen LogP contribution in [0.4, 0.5) is 0 Å². The van der Waals surface area contributed by atoms with Gasteiger partial charge in [-0.15, -0.1) is 0 Å². The molecular weight excluding hydrogens is 308 g/mol. The number of allylic oxidation sites excluding steroid dienone is 5. The predicted octanol–water partition coefficient (Wildman–Crippen LogP) is 6.24. The van der Waals surface area contributed by atoms with E-state index in [2.05, 4.69) is 47.0 Å². The minimum atomic E-state index is -1.62. The number of Topliss-reactive ketones (excluding diaryl/α,β-unsaturated/α-hetero) is 1. The summed E-state index contributed by atoms with van der Waals surface area (Å²) in [5.74, 6) is 1.77. The van der Waals surface area contributed by atoms with E-state index in [9.17, 15) is 4.79 Å². The first-order chi connectivity index (χ1) is 11.0. The van der Waals surface area contributed by atoms with Crippen LogP contribution in [-0.2, 0) is 4.79 Å². The lowest BCUT2D eigenvalue weighted by molar-refractivity contribution is -0.111. The van der Waals surface area contributed by atoms with Crippen molar-refractivity contribution in [3.63, 3.8) is 0 Å². The molecule has 132 valence electrons. The summed E-state index contributed by atoms with van der Waals surface area (Å²) in [6.45, 7) is 18.4. The summed E-state index contributed by atoms with van der Waals surface area (Å²) in [6.07, 6.45) is 7.39. The molecule has 1 saturated carbocycles. The summed E-state index contributed by atoms with van der Waals surface area (Å²) in [4.78, 5) is 13.0. The van der Waals surface area contributed by atoms with Crippen LogP contribution in [0.5, 0.6) is 0 Å². The topological polar surface area (TPSA) is 17.1 Å². The zero-order chi connectivity index (χ0) is 17.9. The number of fused-ring (bicyclic) bond motifs is 2. The first kappa shape index (κ1) is 17.9. The van der Waals surface area contributed by atoms with Crippen LogP contribution in [-0.4, -0.2) is 13.9 Å². The Bertz CT molecular complexity index is 648. The Labute approximate surface area is 149 Å². The second-order valence-electron chi connectivity index (χ2n) is 10.2. The fourth-order valence-electron chi connectivity index (χ4n) is 5.21. The van der Waals surface area contributed by atoms with Gasteiger partial charge in [0.05, 0.1) is 8.07 Å². The second-order valence-corrected chi connectivity index (χ2v) is 15.2. The number of hydrogen-bond donors (Lipinski definition) is 0. The van der Waals surface area contributed by atoms with Crippen molar-refractivity contribution < 1.29 is 4.79 Å². The van der Waals surface area contributed by atoms with E-state index >= 15 is 0 Å². The third kappa shape index (κ3) is 2.91. The molecule has 0 aliphatic heterocycles. The van der Waals surface area contributed by atoms with Gasteiger partial charge in [0.2, 0.25) is 0 Å². The van der Waals surface area contributed by atoms with Gasteiger partial charge in [0.15, 0.2) is 5.78 Å². The van der Waals surface area contributed by atoms with Crippen molar-refractivity contribution in [2.45, 2.75) is 78.9 Å². The van der Waals surface area contributed by atoms with Crippen LogP contribution in [0.25, 0.3) is 0 Å². The zero-order valence-electron chi connectivity index (χ0n) is 16.5. The monoisotopic (exact) mass is 342 g/mol. The van der Waals surface area contributed by atoms with Crippen molar-refractivity contribution in [2.24, 2.45) is 17.3 Å². The smallest absolute Gasteiger partial charge is 0.185 e. The average Bonchev–Trinajstić information content (AvgIpc) is 2.60. The lowest BCUT2D eigenvalue weighted by Gasteiger charge is -2.39. The highest BCUT2D eigenvalue weighted by Crippen LogP contribution is 2.52. The molecule has 24 heavy (non-hydrogen) atoms. The average molecular weight is 343 g/mol. The highest BCUT2D eigenvalue weighted by atomic mass is 28.3. The SMILES string of the molecule is C=C1C(=O)C([Si](C)(C)C)=C2CCC[C@H]3C[C@@H](C(C)(C)C)CCC3=C12. The number of carbonyl (C=O) groups excluding carboxylic acids is 1. The van der Waals surface area contributed by atoms with E-state index in [1.165, 1.54) is 48.4 Å². The van der Waals surface area contributed by atoms with Gasteiger partial charge in [-0.2, -0.15) is 0 Å². The van der Waals surface area contributed by atoms with Gasteiger partial charge in [-0.1, -0.05) is 52.6 Å². The fraction of sp³-hybridized carbons (Fsp3) is 0.682. The van der Waals surface area contributed by atoms with Gasteiger partial charge in [-0.25, -0.2) is 0 Å². The number of rotatable bonds is 1. The lowest BCUT2D eigenvalue weighted by atomic mass is 9.66. The van der Waals surface area contributed by atoms with Crippen molar-refractivity contribution in [3.8, 4) is 0 Å². The van der Waals surface area contributed by atoms with Crippen LogP contribution < -0.4 is 0 Å². The van der Waals surface area contributed by atoms with Crippen LogP contribution in [0, 0.1) is 17.3 Å². The van der Waals surface area contributed by atoms with Gasteiger partial charge in [-0.3, -0.25) is 4.79 Å². The van der Waals surface area contributed by atoms with Crippen molar-refractivity contribution in [1.29, 1.82) is 0 Å². The van der Waals surface area contributed by atoms with Gasteiger partial charge in [0.25, 0.3) is 0 Å². The van der Waals surface area contributed by atoms with E-state index in [0.717, 1.165) is 17.9 Å². The van der Waals surface area contributed by atoms with E-state index in [4.69, 9.17) is 0 Å². The standard InChI is InChI=1S/C22H34OSi/c1-14-19-17-12-11-16(22(2,3)4)13-15(17)9-8-10-18(19)21(20(14)23)24(5,6)7/h15-16H,1,8-13H2,2-7H3/t15-,16-/m0/s1. The normalized spacial score (nSPS) is 28.9. The molecule has 0 radical (unpaired) electrons. The second kappa shape index (κ2) is 5.83. The fourth-order valence-corrected chi connectivity index (χ4v) is 7.20. The molecule has 0 bridgehead atoms. The largest absolute Gasteiger partial charge is 0.289 e. The Kier molecular flexibility index (Phi) is 4.35. The maximum atomic E-state index is 13.0. The summed E-state index contributed by atoms with van der Waals surface area (Å²) < 4.78 is 0.